The standard InChI is InChI=1S/C12H18.C7H7Cl/c1-2-3-4-6-9-12-10-7-5-8-11-12;8-6-7-4-2-1-3-5-7/h5,7-8,10-11H,2-4,6,9H2,1H3;1-5H,6H2. The molecule has 0 aliphatic rings. The Kier molecular flexibility index (Phi) is 9.69. The maximum atomic E-state index is 5.53. The fraction of sp³-hybridized carbons (Fsp3) is 0.368. The van der Waals surface area contributed by atoms with Crippen LogP contribution in [0.5, 0.6) is 0 Å². The lowest BCUT2D eigenvalue weighted by Gasteiger charge is -1.99. The van der Waals surface area contributed by atoms with E-state index in [1.165, 1.54) is 43.2 Å². The molecule has 0 heterocycles. The summed E-state index contributed by atoms with van der Waals surface area (Å²) >= 11 is 5.53. The van der Waals surface area contributed by atoms with Crippen LogP contribution in [0.25, 0.3) is 0 Å². The lowest BCUT2D eigenvalue weighted by molar-refractivity contribution is 0.667. The van der Waals surface area contributed by atoms with Gasteiger partial charge in [0.2, 0.25) is 0 Å². The summed E-state index contributed by atoms with van der Waals surface area (Å²) in [7, 11) is 0. The van der Waals surface area contributed by atoms with Gasteiger partial charge in [-0.05, 0) is 24.0 Å². The maximum Gasteiger partial charge on any atom is 0.0474 e. The number of aryl methyl sites for hydroxylation is 1. The minimum absolute atomic E-state index is 0.612. The molecule has 1 heteroatoms. The van der Waals surface area contributed by atoms with Gasteiger partial charge in [-0.3, -0.25) is 0 Å². The highest BCUT2D eigenvalue weighted by Crippen LogP contribution is 2.06. The van der Waals surface area contributed by atoms with Gasteiger partial charge in [-0.15, -0.1) is 11.6 Å². The third-order valence-corrected chi connectivity index (χ3v) is 3.47. The van der Waals surface area contributed by atoms with Crippen molar-refractivity contribution in [3.8, 4) is 0 Å². The van der Waals surface area contributed by atoms with Crippen LogP contribution in [-0.2, 0) is 12.3 Å². The van der Waals surface area contributed by atoms with E-state index in [0.29, 0.717) is 5.88 Å². The van der Waals surface area contributed by atoms with Gasteiger partial charge in [0.25, 0.3) is 0 Å². The van der Waals surface area contributed by atoms with Crippen LogP contribution in [0.4, 0.5) is 0 Å². The first-order valence-corrected chi connectivity index (χ1v) is 8.04. The van der Waals surface area contributed by atoms with E-state index in [4.69, 9.17) is 11.6 Å². The first kappa shape index (κ1) is 16.8. The quantitative estimate of drug-likeness (QED) is 0.436. The number of unbranched alkanes of at least 4 members (excludes halogenated alkanes) is 3. The third-order valence-electron chi connectivity index (χ3n) is 3.16. The van der Waals surface area contributed by atoms with Gasteiger partial charge in [-0.2, -0.15) is 0 Å². The second-order valence-corrected chi connectivity index (χ2v) is 5.18. The van der Waals surface area contributed by atoms with Crippen LogP contribution < -0.4 is 0 Å². The first-order chi connectivity index (χ1) is 9.86. The van der Waals surface area contributed by atoms with E-state index in [9.17, 15) is 0 Å². The zero-order valence-corrected chi connectivity index (χ0v) is 13.2. The highest BCUT2D eigenvalue weighted by Gasteiger charge is 1.90. The summed E-state index contributed by atoms with van der Waals surface area (Å²) in [5.74, 6) is 0.612. The summed E-state index contributed by atoms with van der Waals surface area (Å²) in [5.41, 5.74) is 2.66. The van der Waals surface area contributed by atoms with E-state index in [-0.39, 0.29) is 0 Å². The maximum absolute atomic E-state index is 5.53. The predicted molar refractivity (Wildman–Crippen MR) is 90.3 cm³/mol. The number of alkyl halides is 1. The summed E-state index contributed by atoms with van der Waals surface area (Å²) in [6, 6.07) is 20.7. The highest BCUT2D eigenvalue weighted by atomic mass is 35.5. The Labute approximate surface area is 128 Å². The average Bonchev–Trinajstić information content (AvgIpc) is 2.54. The fourth-order valence-corrected chi connectivity index (χ4v) is 2.15. The number of rotatable bonds is 6. The molecule has 0 saturated carbocycles. The molecule has 108 valence electrons. The molecule has 2 aromatic carbocycles. The molecule has 20 heavy (non-hydrogen) atoms. The van der Waals surface area contributed by atoms with Gasteiger partial charge >= 0.3 is 0 Å². The summed E-state index contributed by atoms with van der Waals surface area (Å²) in [6.07, 6.45) is 6.69. The smallest absolute Gasteiger partial charge is 0.0474 e. The molecule has 0 aromatic heterocycles. The van der Waals surface area contributed by atoms with Crippen molar-refractivity contribution < 1.29 is 0 Å². The monoisotopic (exact) mass is 288 g/mol. The lowest BCUT2D eigenvalue weighted by Crippen LogP contribution is -1.84. The van der Waals surface area contributed by atoms with Gasteiger partial charge in [0.15, 0.2) is 0 Å². The Morgan fingerprint density at radius 3 is 1.70 bits per heavy atom. The Bertz CT molecular complexity index is 422. The molecule has 0 bridgehead atoms. The van der Waals surface area contributed by atoms with Crippen molar-refractivity contribution in [2.24, 2.45) is 0 Å². The third kappa shape index (κ3) is 8.01. The molecule has 0 fully saturated rings. The van der Waals surface area contributed by atoms with Crippen molar-refractivity contribution >= 4 is 11.6 Å². The van der Waals surface area contributed by atoms with Crippen molar-refractivity contribution in [2.75, 3.05) is 0 Å². The molecule has 0 unspecified atom stereocenters. The molecule has 0 N–H and O–H groups in total. The van der Waals surface area contributed by atoms with E-state index in [0.717, 1.165) is 0 Å². The minimum Gasteiger partial charge on any atom is -0.122 e. The van der Waals surface area contributed by atoms with E-state index in [1.54, 1.807) is 0 Å². The van der Waals surface area contributed by atoms with Crippen molar-refractivity contribution in [2.45, 2.75) is 44.9 Å². The molecule has 2 aromatic rings. The number of hydrogen-bond donors (Lipinski definition) is 0. The summed E-state index contributed by atoms with van der Waals surface area (Å²) in [4.78, 5) is 0. The molecule has 0 aliphatic heterocycles. The first-order valence-electron chi connectivity index (χ1n) is 7.50. The summed E-state index contributed by atoms with van der Waals surface area (Å²) < 4.78 is 0. The molecular weight excluding hydrogens is 264 g/mol. The minimum atomic E-state index is 0.612. The Hall–Kier alpha value is -1.27. The van der Waals surface area contributed by atoms with Gasteiger partial charge in [-0.1, -0.05) is 86.8 Å². The molecule has 0 amide bonds. The van der Waals surface area contributed by atoms with Crippen molar-refractivity contribution in [1.82, 2.24) is 0 Å². The topological polar surface area (TPSA) is 0 Å². The van der Waals surface area contributed by atoms with Gasteiger partial charge < -0.3 is 0 Å². The largest absolute Gasteiger partial charge is 0.122 e. The Balaban J connectivity index is 0.000000217. The number of hydrogen-bond acceptors (Lipinski definition) is 0. The van der Waals surface area contributed by atoms with E-state index >= 15 is 0 Å². The normalized spacial score (nSPS) is 9.70. The van der Waals surface area contributed by atoms with E-state index < -0.39 is 0 Å². The molecule has 0 nitrogen and oxygen atoms in total. The van der Waals surface area contributed by atoms with Gasteiger partial charge in [0.1, 0.15) is 0 Å². The van der Waals surface area contributed by atoms with Crippen LogP contribution in [0.1, 0.15) is 43.7 Å². The second kappa shape index (κ2) is 11.5. The van der Waals surface area contributed by atoms with Crippen LogP contribution in [0.3, 0.4) is 0 Å². The van der Waals surface area contributed by atoms with Crippen LogP contribution in [0.2, 0.25) is 0 Å². The van der Waals surface area contributed by atoms with Gasteiger partial charge in [-0.25, -0.2) is 0 Å². The molecule has 0 aliphatic carbocycles. The Morgan fingerprint density at radius 2 is 1.25 bits per heavy atom. The van der Waals surface area contributed by atoms with Crippen molar-refractivity contribution in [1.29, 1.82) is 0 Å². The summed E-state index contributed by atoms with van der Waals surface area (Å²) in [6.45, 7) is 2.25. The SMILES string of the molecule is CCCCCCc1ccccc1.ClCc1ccccc1. The molecule has 0 saturated heterocycles. The van der Waals surface area contributed by atoms with Gasteiger partial charge in [0, 0.05) is 5.88 Å². The van der Waals surface area contributed by atoms with Gasteiger partial charge in [0.05, 0.1) is 0 Å². The van der Waals surface area contributed by atoms with Crippen molar-refractivity contribution in [3.63, 3.8) is 0 Å². The molecule has 0 radical (unpaired) electrons. The molecule has 2 rings (SSSR count). The van der Waals surface area contributed by atoms with Crippen LogP contribution >= 0.6 is 11.6 Å². The molecule has 0 atom stereocenters. The van der Waals surface area contributed by atoms with Crippen LogP contribution in [-0.4, -0.2) is 0 Å². The zero-order chi connectivity index (χ0) is 14.5. The average molecular weight is 289 g/mol. The predicted octanol–water partition coefficient (Wildman–Crippen LogP) is 6.23. The molecule has 0 spiro atoms. The second-order valence-electron chi connectivity index (χ2n) is 4.92. The number of benzene rings is 2. The van der Waals surface area contributed by atoms with Crippen LogP contribution in [0, 0.1) is 0 Å². The zero-order valence-electron chi connectivity index (χ0n) is 12.4. The van der Waals surface area contributed by atoms with E-state index in [1.807, 2.05) is 30.3 Å². The lowest BCUT2D eigenvalue weighted by atomic mass is 10.1. The number of halogens is 1. The fourth-order valence-electron chi connectivity index (χ4n) is 1.97. The van der Waals surface area contributed by atoms with E-state index in [2.05, 4.69) is 37.3 Å². The Morgan fingerprint density at radius 1 is 0.700 bits per heavy atom. The summed E-state index contributed by atoms with van der Waals surface area (Å²) in [5, 5.41) is 0. The molecular formula is C19H25Cl. The highest BCUT2D eigenvalue weighted by molar-refractivity contribution is 6.17. The van der Waals surface area contributed by atoms with Crippen LogP contribution in [0.15, 0.2) is 60.7 Å². The van der Waals surface area contributed by atoms with Crippen molar-refractivity contribution in [3.05, 3.63) is 71.8 Å².